The molecule has 1 atom stereocenters. The molecule has 1 aromatic rings. The summed E-state index contributed by atoms with van der Waals surface area (Å²) in [6.45, 7) is 0. The second-order valence-electron chi connectivity index (χ2n) is 5.61. The van der Waals surface area contributed by atoms with Crippen molar-refractivity contribution in [1.29, 1.82) is 0 Å². The van der Waals surface area contributed by atoms with Gasteiger partial charge in [-0.25, -0.2) is 4.39 Å². The van der Waals surface area contributed by atoms with Crippen LogP contribution in [0.3, 0.4) is 0 Å². The topological polar surface area (TPSA) is 12.0 Å². The van der Waals surface area contributed by atoms with E-state index >= 15 is 0 Å². The van der Waals surface area contributed by atoms with Gasteiger partial charge in [-0.1, -0.05) is 12.1 Å². The Hall–Kier alpha value is -1.00. The molecule has 0 radical (unpaired) electrons. The Morgan fingerprint density at radius 1 is 1.29 bits per heavy atom. The molecule has 0 saturated heterocycles. The Morgan fingerprint density at radius 3 is 3.05 bits per heavy atom. The third-order valence-corrected chi connectivity index (χ3v) is 5.76. The Kier molecular flexibility index (Phi) is 3.46. The van der Waals surface area contributed by atoms with Gasteiger partial charge >= 0.3 is 0 Å². The summed E-state index contributed by atoms with van der Waals surface area (Å²) >= 11 is 5.15. The van der Waals surface area contributed by atoms with Crippen LogP contribution in [0.5, 0.6) is 0 Å². The third-order valence-electron chi connectivity index (χ3n) is 4.39. The number of hydrogen-bond acceptors (Lipinski definition) is 2. The van der Waals surface area contributed by atoms with Crippen molar-refractivity contribution in [3.05, 3.63) is 68.1 Å². The molecule has 1 unspecified atom stereocenters. The normalized spacial score (nSPS) is 24.0. The highest BCUT2D eigenvalue weighted by Gasteiger charge is 2.34. The van der Waals surface area contributed by atoms with E-state index in [9.17, 15) is 4.39 Å². The van der Waals surface area contributed by atoms with Gasteiger partial charge in [-0.3, -0.25) is 0 Å². The molecule has 0 amide bonds. The number of halogens is 2. The van der Waals surface area contributed by atoms with Gasteiger partial charge in [0.05, 0.1) is 4.47 Å². The Balaban J connectivity index is 1.86. The van der Waals surface area contributed by atoms with Crippen LogP contribution in [0.4, 0.5) is 4.39 Å². The summed E-state index contributed by atoms with van der Waals surface area (Å²) in [5, 5.41) is 5.83. The lowest BCUT2D eigenvalue weighted by Gasteiger charge is -2.33. The van der Waals surface area contributed by atoms with Gasteiger partial charge in [-0.2, -0.15) is 0 Å². The zero-order valence-electron chi connectivity index (χ0n) is 11.5. The van der Waals surface area contributed by atoms with E-state index in [2.05, 4.69) is 32.7 Å². The van der Waals surface area contributed by atoms with Crippen LogP contribution in [-0.2, 0) is 0 Å². The van der Waals surface area contributed by atoms with E-state index in [0.29, 0.717) is 4.47 Å². The van der Waals surface area contributed by atoms with Gasteiger partial charge in [-0.15, -0.1) is 11.8 Å². The van der Waals surface area contributed by atoms with Crippen molar-refractivity contribution >= 4 is 27.7 Å². The average Bonchev–Trinajstić information content (AvgIpc) is 2.95. The second kappa shape index (κ2) is 5.33. The van der Waals surface area contributed by atoms with Crippen LogP contribution >= 0.6 is 27.7 Å². The monoisotopic (exact) mass is 363 g/mol. The van der Waals surface area contributed by atoms with Gasteiger partial charge in [0.1, 0.15) is 5.82 Å². The van der Waals surface area contributed by atoms with Crippen LogP contribution in [-0.4, -0.2) is 5.75 Å². The predicted octanol–water partition coefficient (Wildman–Crippen LogP) is 5.23. The first-order chi connectivity index (χ1) is 10.2. The van der Waals surface area contributed by atoms with Crippen molar-refractivity contribution in [3.63, 3.8) is 0 Å². The van der Waals surface area contributed by atoms with E-state index in [1.54, 1.807) is 6.07 Å². The molecule has 0 aromatic heterocycles. The molecular weight excluding hydrogens is 349 g/mol. The molecule has 1 nitrogen and oxygen atoms in total. The number of hydrogen-bond donors (Lipinski definition) is 1. The van der Waals surface area contributed by atoms with Crippen LogP contribution in [0.1, 0.15) is 30.7 Å². The standard InChI is InChI=1S/C17H15BrFNS/c18-13-8-10(4-5-14(13)19)17-11-2-1-3-15(11)20-16-9-21-7-6-12(16)17/h4-6,8-9,17,20H,1-3,7H2. The fraction of sp³-hybridized carbons (Fsp3) is 0.294. The highest BCUT2D eigenvalue weighted by molar-refractivity contribution is 9.10. The van der Waals surface area contributed by atoms with Crippen LogP contribution in [0.2, 0.25) is 0 Å². The molecule has 21 heavy (non-hydrogen) atoms. The van der Waals surface area contributed by atoms with E-state index < -0.39 is 0 Å². The van der Waals surface area contributed by atoms with Crippen molar-refractivity contribution in [2.24, 2.45) is 0 Å². The number of benzene rings is 1. The zero-order chi connectivity index (χ0) is 14.4. The second-order valence-corrected chi connectivity index (χ2v) is 7.37. The summed E-state index contributed by atoms with van der Waals surface area (Å²) in [6, 6.07) is 5.44. The molecule has 0 fully saturated rings. The number of thioether (sulfide) groups is 1. The van der Waals surface area contributed by atoms with Gasteiger partial charge in [0.15, 0.2) is 0 Å². The van der Waals surface area contributed by atoms with Crippen molar-refractivity contribution in [2.75, 3.05) is 5.75 Å². The smallest absolute Gasteiger partial charge is 0.137 e. The zero-order valence-corrected chi connectivity index (χ0v) is 13.9. The molecule has 2 heterocycles. The van der Waals surface area contributed by atoms with Crippen LogP contribution < -0.4 is 5.32 Å². The van der Waals surface area contributed by atoms with Gasteiger partial charge in [0.25, 0.3) is 0 Å². The van der Waals surface area contributed by atoms with E-state index in [1.807, 2.05) is 23.9 Å². The van der Waals surface area contributed by atoms with E-state index in [0.717, 1.165) is 18.6 Å². The number of allylic oxidation sites excluding steroid dienone is 3. The molecule has 0 bridgehead atoms. The number of nitrogens with one attached hydrogen (secondary N) is 1. The molecule has 0 saturated carbocycles. The molecule has 0 spiro atoms. The van der Waals surface area contributed by atoms with Crippen LogP contribution in [0.25, 0.3) is 0 Å². The third kappa shape index (κ3) is 2.29. The first-order valence-corrected chi connectivity index (χ1v) is 9.04. The summed E-state index contributed by atoms with van der Waals surface area (Å²) in [5.41, 5.74) is 6.64. The maximum Gasteiger partial charge on any atom is 0.137 e. The van der Waals surface area contributed by atoms with Crippen molar-refractivity contribution < 1.29 is 4.39 Å². The SMILES string of the molecule is Fc1ccc(C2C3=CCSC=C3NC3=C2CCC3)cc1Br. The first-order valence-electron chi connectivity index (χ1n) is 7.20. The lowest BCUT2D eigenvalue weighted by Crippen LogP contribution is -2.26. The van der Waals surface area contributed by atoms with Crippen LogP contribution in [0.15, 0.2) is 56.7 Å². The first kappa shape index (κ1) is 13.6. The summed E-state index contributed by atoms with van der Waals surface area (Å²) in [7, 11) is 0. The summed E-state index contributed by atoms with van der Waals surface area (Å²) in [6.07, 6.45) is 5.80. The van der Waals surface area contributed by atoms with Gasteiger partial charge in [-0.05, 0) is 69.4 Å². The van der Waals surface area contributed by atoms with Gasteiger partial charge in [0.2, 0.25) is 0 Å². The fourth-order valence-corrected chi connectivity index (χ4v) is 4.60. The number of rotatable bonds is 1. The minimum absolute atomic E-state index is 0.197. The minimum Gasteiger partial charge on any atom is -0.358 e. The van der Waals surface area contributed by atoms with Crippen molar-refractivity contribution in [2.45, 2.75) is 25.2 Å². The molecule has 2 aliphatic heterocycles. The average molecular weight is 364 g/mol. The summed E-state index contributed by atoms with van der Waals surface area (Å²) < 4.78 is 14.1. The van der Waals surface area contributed by atoms with Gasteiger partial charge in [0, 0.05) is 23.1 Å². The maximum atomic E-state index is 13.6. The quantitative estimate of drug-likeness (QED) is 0.733. The Labute approximate surface area is 136 Å². The molecule has 1 aromatic carbocycles. The number of fused-ring (bicyclic) bond motifs is 1. The van der Waals surface area contributed by atoms with E-state index in [1.165, 1.54) is 34.5 Å². The van der Waals surface area contributed by atoms with Crippen LogP contribution in [0, 0.1) is 5.82 Å². The minimum atomic E-state index is -0.197. The molecule has 4 heteroatoms. The molecule has 108 valence electrons. The summed E-state index contributed by atoms with van der Waals surface area (Å²) in [5.74, 6) is 1.10. The largest absolute Gasteiger partial charge is 0.358 e. The fourth-order valence-electron chi connectivity index (χ4n) is 3.47. The lowest BCUT2D eigenvalue weighted by molar-refractivity contribution is 0.619. The molecule has 1 aliphatic carbocycles. The van der Waals surface area contributed by atoms with E-state index in [-0.39, 0.29) is 11.7 Å². The highest BCUT2D eigenvalue weighted by atomic mass is 79.9. The van der Waals surface area contributed by atoms with E-state index in [4.69, 9.17) is 0 Å². The maximum absolute atomic E-state index is 13.6. The lowest BCUT2D eigenvalue weighted by atomic mass is 9.80. The predicted molar refractivity (Wildman–Crippen MR) is 89.5 cm³/mol. The molecule has 4 rings (SSSR count). The Bertz CT molecular complexity index is 703. The molecule has 1 N–H and O–H groups in total. The highest BCUT2D eigenvalue weighted by Crippen LogP contribution is 2.47. The van der Waals surface area contributed by atoms with Crippen molar-refractivity contribution in [1.82, 2.24) is 5.32 Å². The Morgan fingerprint density at radius 2 is 2.19 bits per heavy atom. The van der Waals surface area contributed by atoms with Gasteiger partial charge < -0.3 is 5.32 Å². The van der Waals surface area contributed by atoms with Crippen molar-refractivity contribution in [3.8, 4) is 0 Å². The molecule has 3 aliphatic rings. The molecular formula is C17H15BrFNS. The summed E-state index contributed by atoms with van der Waals surface area (Å²) in [4.78, 5) is 0.